The van der Waals surface area contributed by atoms with E-state index >= 15 is 0 Å². The lowest BCUT2D eigenvalue weighted by molar-refractivity contribution is -0.127. The average Bonchev–Trinajstić information content (AvgIpc) is 3.22. The first kappa shape index (κ1) is 26.9. The number of aryl methyl sites for hydroxylation is 1. The molecule has 10 heteroatoms. The van der Waals surface area contributed by atoms with Crippen molar-refractivity contribution in [3.63, 3.8) is 0 Å². The number of amides is 1. The van der Waals surface area contributed by atoms with E-state index in [0.717, 1.165) is 22.5 Å². The molecule has 0 aliphatic heterocycles. The second-order valence-electron chi connectivity index (χ2n) is 8.36. The van der Waals surface area contributed by atoms with E-state index in [1.807, 2.05) is 48.5 Å². The number of thiophene rings is 1. The van der Waals surface area contributed by atoms with Crippen LogP contribution < -0.4 is 5.56 Å². The molecule has 0 aliphatic carbocycles. The summed E-state index contributed by atoms with van der Waals surface area (Å²) in [5.41, 5.74) is 2.03. The Morgan fingerprint density at radius 1 is 1.14 bits per heavy atom. The van der Waals surface area contributed by atoms with E-state index in [-0.39, 0.29) is 30.4 Å². The van der Waals surface area contributed by atoms with Crippen LogP contribution in [-0.2, 0) is 22.6 Å². The summed E-state index contributed by atoms with van der Waals surface area (Å²) in [5, 5.41) is 1.28. The molecule has 2 aromatic heterocycles. The molecule has 4 aromatic rings. The zero-order valence-electron chi connectivity index (χ0n) is 20.7. The van der Waals surface area contributed by atoms with Crippen LogP contribution in [0.2, 0.25) is 5.02 Å². The van der Waals surface area contributed by atoms with Gasteiger partial charge in [-0.15, -0.1) is 11.3 Å². The Morgan fingerprint density at radius 3 is 2.54 bits per heavy atom. The molecule has 0 spiro atoms. The molecule has 2 aromatic carbocycles. The smallest absolute Gasteiger partial charge is 0.348 e. The Labute approximate surface area is 228 Å². The minimum Gasteiger partial charge on any atom is -0.462 e. The number of carbonyl (C=O) groups excluding carboxylic acids is 2. The Kier molecular flexibility index (Phi) is 8.68. The van der Waals surface area contributed by atoms with Crippen LogP contribution in [0.3, 0.4) is 0 Å². The summed E-state index contributed by atoms with van der Waals surface area (Å²) >= 11 is 8.71. The zero-order valence-corrected chi connectivity index (χ0v) is 23.1. The molecule has 192 valence electrons. The highest BCUT2D eigenvalue weighted by molar-refractivity contribution is 7.99. The van der Waals surface area contributed by atoms with Crippen LogP contribution in [0.4, 0.5) is 0 Å². The number of halogens is 1. The molecule has 0 fully saturated rings. The fourth-order valence-corrected chi connectivity index (χ4v) is 6.07. The van der Waals surface area contributed by atoms with Crippen LogP contribution in [0.25, 0.3) is 10.2 Å². The molecule has 0 saturated heterocycles. The van der Waals surface area contributed by atoms with Gasteiger partial charge in [-0.1, -0.05) is 71.9 Å². The van der Waals surface area contributed by atoms with E-state index in [1.54, 1.807) is 31.9 Å². The minimum atomic E-state index is -0.480. The first-order valence-corrected chi connectivity index (χ1v) is 13.8. The number of esters is 1. The zero-order chi connectivity index (χ0) is 26.5. The fraction of sp³-hybridized carbons (Fsp3) is 0.259. The number of thioether (sulfide) groups is 1. The summed E-state index contributed by atoms with van der Waals surface area (Å²) in [5.74, 6) is -0.479. The first-order valence-electron chi connectivity index (χ1n) is 11.6. The number of fused-ring (bicyclic) bond motifs is 1. The maximum Gasteiger partial charge on any atom is 0.348 e. The molecule has 7 nitrogen and oxygen atoms in total. The van der Waals surface area contributed by atoms with Crippen molar-refractivity contribution in [2.24, 2.45) is 0 Å². The number of benzene rings is 2. The van der Waals surface area contributed by atoms with E-state index < -0.39 is 5.97 Å². The van der Waals surface area contributed by atoms with Gasteiger partial charge < -0.3 is 9.64 Å². The highest BCUT2D eigenvalue weighted by Gasteiger charge is 2.23. The molecule has 0 atom stereocenters. The van der Waals surface area contributed by atoms with Crippen molar-refractivity contribution in [3.05, 3.63) is 91.5 Å². The van der Waals surface area contributed by atoms with E-state index in [1.165, 1.54) is 16.3 Å². The van der Waals surface area contributed by atoms with Crippen LogP contribution in [0.1, 0.15) is 33.3 Å². The molecular formula is C27H26ClN3O4S2. The van der Waals surface area contributed by atoms with Crippen molar-refractivity contribution in [2.45, 2.75) is 32.1 Å². The predicted molar refractivity (Wildman–Crippen MR) is 149 cm³/mol. The van der Waals surface area contributed by atoms with E-state index in [2.05, 4.69) is 0 Å². The van der Waals surface area contributed by atoms with E-state index in [4.69, 9.17) is 21.3 Å². The number of nitrogens with zero attached hydrogens (tertiary/aromatic N) is 3. The van der Waals surface area contributed by atoms with Gasteiger partial charge in [0, 0.05) is 18.6 Å². The Bertz CT molecular complexity index is 1500. The monoisotopic (exact) mass is 555 g/mol. The van der Waals surface area contributed by atoms with Crippen LogP contribution in [0.15, 0.2) is 64.5 Å². The number of hydrogen-bond donors (Lipinski definition) is 0. The SMILES string of the molecule is CCOC(=O)c1sc2nc(SCC(=O)N(C)Cc3ccccc3)n(Cc3ccccc3Cl)c(=O)c2c1C. The van der Waals surface area contributed by atoms with Gasteiger partial charge >= 0.3 is 5.97 Å². The molecule has 1 amide bonds. The Balaban J connectivity index is 1.69. The summed E-state index contributed by atoms with van der Waals surface area (Å²) in [4.78, 5) is 46.3. The van der Waals surface area contributed by atoms with Crippen molar-refractivity contribution in [2.75, 3.05) is 19.4 Å². The molecular weight excluding hydrogens is 530 g/mol. The molecule has 2 heterocycles. The fourth-order valence-electron chi connectivity index (χ4n) is 3.82. The summed E-state index contributed by atoms with van der Waals surface area (Å²) < 4.78 is 6.69. The van der Waals surface area contributed by atoms with E-state index in [9.17, 15) is 14.4 Å². The van der Waals surface area contributed by atoms with Crippen LogP contribution in [0.5, 0.6) is 0 Å². The third-order valence-electron chi connectivity index (χ3n) is 5.78. The molecule has 0 unspecified atom stereocenters. The molecule has 0 bridgehead atoms. The van der Waals surface area contributed by atoms with Gasteiger partial charge in [-0.05, 0) is 36.6 Å². The number of ether oxygens (including phenoxy) is 1. The Hall–Kier alpha value is -3.14. The van der Waals surface area contributed by atoms with Crippen molar-refractivity contribution in [1.82, 2.24) is 14.5 Å². The third kappa shape index (κ3) is 6.06. The topological polar surface area (TPSA) is 81.5 Å². The van der Waals surface area contributed by atoms with Crippen molar-refractivity contribution >= 4 is 56.8 Å². The van der Waals surface area contributed by atoms with Gasteiger partial charge in [0.1, 0.15) is 9.71 Å². The summed E-state index contributed by atoms with van der Waals surface area (Å²) in [7, 11) is 1.75. The maximum atomic E-state index is 13.7. The van der Waals surface area contributed by atoms with Crippen LogP contribution in [-0.4, -0.2) is 45.7 Å². The lowest BCUT2D eigenvalue weighted by atomic mass is 10.2. The number of hydrogen-bond acceptors (Lipinski definition) is 7. The quantitative estimate of drug-likeness (QED) is 0.156. The van der Waals surface area contributed by atoms with Gasteiger partial charge in [0.25, 0.3) is 5.56 Å². The molecule has 0 radical (unpaired) electrons. The molecule has 0 saturated carbocycles. The van der Waals surface area contributed by atoms with Gasteiger partial charge in [-0.2, -0.15) is 0 Å². The van der Waals surface area contributed by atoms with Gasteiger partial charge in [0.2, 0.25) is 5.91 Å². The summed E-state index contributed by atoms with van der Waals surface area (Å²) in [6.45, 7) is 4.35. The van der Waals surface area contributed by atoms with Crippen LogP contribution in [0, 0.1) is 6.92 Å². The van der Waals surface area contributed by atoms with Gasteiger partial charge in [-0.3, -0.25) is 14.2 Å². The molecule has 4 rings (SSSR count). The second kappa shape index (κ2) is 11.9. The van der Waals surface area contributed by atoms with Gasteiger partial charge in [0.15, 0.2) is 5.16 Å². The number of aromatic nitrogens is 2. The average molecular weight is 556 g/mol. The minimum absolute atomic E-state index is 0.0953. The van der Waals surface area contributed by atoms with Crippen molar-refractivity contribution in [1.29, 1.82) is 0 Å². The molecule has 37 heavy (non-hydrogen) atoms. The lowest BCUT2D eigenvalue weighted by Gasteiger charge is -2.18. The lowest BCUT2D eigenvalue weighted by Crippen LogP contribution is -2.29. The van der Waals surface area contributed by atoms with Gasteiger partial charge in [0.05, 0.1) is 24.3 Å². The van der Waals surface area contributed by atoms with Gasteiger partial charge in [-0.25, -0.2) is 9.78 Å². The Morgan fingerprint density at radius 2 is 1.84 bits per heavy atom. The number of carbonyl (C=O) groups is 2. The summed E-state index contributed by atoms with van der Waals surface area (Å²) in [6.07, 6.45) is 0. The number of rotatable bonds is 9. The first-order chi connectivity index (χ1) is 17.8. The third-order valence-corrected chi connectivity index (χ3v) is 8.27. The van der Waals surface area contributed by atoms with Crippen LogP contribution >= 0.6 is 34.7 Å². The molecule has 0 aliphatic rings. The molecule has 0 N–H and O–H groups in total. The van der Waals surface area contributed by atoms with Crippen molar-refractivity contribution < 1.29 is 14.3 Å². The predicted octanol–water partition coefficient (Wildman–Crippen LogP) is 5.40. The standard InChI is InChI=1S/C27H26ClN3O4S2/c1-4-35-26(34)23-17(2)22-24(37-23)29-27(31(25(22)33)15-19-12-8-9-13-20(19)28)36-16-21(32)30(3)14-18-10-6-5-7-11-18/h5-13H,4,14-16H2,1-3H3. The second-order valence-corrected chi connectivity index (χ2v) is 10.7. The normalized spacial score (nSPS) is 11.0. The van der Waals surface area contributed by atoms with Crippen molar-refractivity contribution in [3.8, 4) is 0 Å². The summed E-state index contributed by atoms with van der Waals surface area (Å²) in [6, 6.07) is 17.0. The highest BCUT2D eigenvalue weighted by atomic mass is 35.5. The largest absolute Gasteiger partial charge is 0.462 e. The van der Waals surface area contributed by atoms with E-state index in [0.29, 0.717) is 37.4 Å². The highest BCUT2D eigenvalue weighted by Crippen LogP contribution is 2.30. The maximum absolute atomic E-state index is 13.7.